The lowest BCUT2D eigenvalue weighted by molar-refractivity contribution is 0.0527. The molecular formula is C13H18N2O3. The molecule has 0 aromatic heterocycles. The van der Waals surface area contributed by atoms with Crippen LogP contribution in [0.1, 0.15) is 23.7 Å². The summed E-state index contributed by atoms with van der Waals surface area (Å²) in [7, 11) is 0. The van der Waals surface area contributed by atoms with Crippen molar-refractivity contribution < 1.29 is 14.6 Å². The average molecular weight is 250 g/mol. The van der Waals surface area contributed by atoms with Crippen LogP contribution in [-0.4, -0.2) is 36.9 Å². The zero-order valence-corrected chi connectivity index (χ0v) is 10.4. The van der Waals surface area contributed by atoms with E-state index < -0.39 is 0 Å². The van der Waals surface area contributed by atoms with Crippen molar-refractivity contribution in [3.05, 3.63) is 23.8 Å². The van der Waals surface area contributed by atoms with Crippen LogP contribution in [0.4, 0.5) is 11.4 Å². The third-order valence-corrected chi connectivity index (χ3v) is 3.02. The van der Waals surface area contributed by atoms with E-state index in [2.05, 4.69) is 0 Å². The summed E-state index contributed by atoms with van der Waals surface area (Å²) in [5, 5.41) is 9.57. The van der Waals surface area contributed by atoms with E-state index in [-0.39, 0.29) is 12.1 Å². The Kier molecular flexibility index (Phi) is 3.72. The van der Waals surface area contributed by atoms with Crippen LogP contribution >= 0.6 is 0 Å². The molecule has 0 radical (unpaired) electrons. The van der Waals surface area contributed by atoms with Crippen molar-refractivity contribution >= 4 is 17.3 Å². The number of nitrogens with two attached hydrogens (primary N) is 1. The van der Waals surface area contributed by atoms with E-state index >= 15 is 0 Å². The molecule has 0 saturated carbocycles. The number of esters is 1. The molecule has 0 amide bonds. The molecule has 1 aliphatic rings. The molecule has 5 nitrogen and oxygen atoms in total. The van der Waals surface area contributed by atoms with Gasteiger partial charge in [0.25, 0.3) is 0 Å². The molecule has 1 heterocycles. The Morgan fingerprint density at radius 1 is 1.61 bits per heavy atom. The van der Waals surface area contributed by atoms with Crippen molar-refractivity contribution in [1.29, 1.82) is 0 Å². The second-order valence-electron chi connectivity index (χ2n) is 4.39. The topological polar surface area (TPSA) is 75.8 Å². The van der Waals surface area contributed by atoms with Crippen LogP contribution in [0, 0.1) is 0 Å². The van der Waals surface area contributed by atoms with Gasteiger partial charge in [-0.3, -0.25) is 0 Å². The molecule has 0 aliphatic carbocycles. The highest BCUT2D eigenvalue weighted by molar-refractivity contribution is 5.97. The zero-order valence-electron chi connectivity index (χ0n) is 10.4. The minimum atomic E-state index is -0.374. The fraction of sp³-hybridized carbons (Fsp3) is 0.462. The molecule has 1 fully saturated rings. The smallest absolute Gasteiger partial charge is 0.340 e. The van der Waals surface area contributed by atoms with Gasteiger partial charge in [-0.05, 0) is 31.5 Å². The number of carbonyl (C=O) groups excluding carboxylic acids is 1. The Labute approximate surface area is 106 Å². The maximum Gasteiger partial charge on any atom is 0.340 e. The van der Waals surface area contributed by atoms with E-state index in [4.69, 9.17) is 10.5 Å². The summed E-state index contributed by atoms with van der Waals surface area (Å²) in [4.78, 5) is 13.9. The van der Waals surface area contributed by atoms with Crippen molar-refractivity contribution in [1.82, 2.24) is 0 Å². The first kappa shape index (κ1) is 12.7. The van der Waals surface area contributed by atoms with Crippen LogP contribution in [0.2, 0.25) is 0 Å². The van der Waals surface area contributed by atoms with Crippen LogP contribution in [0.15, 0.2) is 18.2 Å². The average Bonchev–Trinajstić information content (AvgIpc) is 2.76. The Hall–Kier alpha value is -1.75. The van der Waals surface area contributed by atoms with Gasteiger partial charge in [0.2, 0.25) is 0 Å². The van der Waals surface area contributed by atoms with E-state index in [1.165, 1.54) is 0 Å². The molecule has 0 bridgehead atoms. The largest absolute Gasteiger partial charge is 0.462 e. The van der Waals surface area contributed by atoms with Gasteiger partial charge in [0.1, 0.15) is 0 Å². The third-order valence-electron chi connectivity index (χ3n) is 3.02. The standard InChI is InChI=1S/C13H18N2O3/c1-2-18-13(17)11-7-9(14)3-4-12(11)15-6-5-10(16)8-15/h3-4,7,10,16H,2,5-6,8,14H2,1H3. The number of nitrogens with zero attached hydrogens (tertiary/aromatic N) is 1. The van der Waals surface area contributed by atoms with Crippen molar-refractivity contribution in [2.45, 2.75) is 19.4 Å². The molecule has 1 aromatic carbocycles. The number of carbonyl (C=O) groups is 1. The predicted molar refractivity (Wildman–Crippen MR) is 69.6 cm³/mol. The van der Waals surface area contributed by atoms with Gasteiger partial charge in [0.05, 0.1) is 24.0 Å². The first-order valence-electron chi connectivity index (χ1n) is 6.11. The molecule has 1 saturated heterocycles. The molecular weight excluding hydrogens is 232 g/mol. The molecule has 2 rings (SSSR count). The summed E-state index contributed by atoms with van der Waals surface area (Å²) in [6, 6.07) is 5.18. The van der Waals surface area contributed by atoms with Gasteiger partial charge in [-0.25, -0.2) is 4.79 Å². The minimum Gasteiger partial charge on any atom is -0.462 e. The van der Waals surface area contributed by atoms with Gasteiger partial charge in [-0.15, -0.1) is 0 Å². The lowest BCUT2D eigenvalue weighted by Gasteiger charge is -2.21. The highest BCUT2D eigenvalue weighted by Gasteiger charge is 2.24. The summed E-state index contributed by atoms with van der Waals surface area (Å²) in [6.45, 7) is 3.37. The number of aliphatic hydroxyl groups is 1. The van der Waals surface area contributed by atoms with Crippen molar-refractivity contribution in [3.63, 3.8) is 0 Å². The fourth-order valence-electron chi connectivity index (χ4n) is 2.16. The van der Waals surface area contributed by atoms with E-state index in [9.17, 15) is 9.90 Å². The van der Waals surface area contributed by atoms with Crippen LogP contribution in [-0.2, 0) is 4.74 Å². The van der Waals surface area contributed by atoms with Gasteiger partial charge >= 0.3 is 5.97 Å². The molecule has 3 N–H and O–H groups in total. The molecule has 1 unspecified atom stereocenters. The molecule has 0 spiro atoms. The van der Waals surface area contributed by atoms with Crippen molar-refractivity contribution in [2.24, 2.45) is 0 Å². The van der Waals surface area contributed by atoms with Gasteiger partial charge in [-0.2, -0.15) is 0 Å². The predicted octanol–water partition coefficient (Wildman–Crippen LogP) is 1.02. The summed E-state index contributed by atoms with van der Waals surface area (Å²) in [5.74, 6) is -0.374. The van der Waals surface area contributed by atoms with Crippen molar-refractivity contribution in [3.8, 4) is 0 Å². The quantitative estimate of drug-likeness (QED) is 0.618. The SMILES string of the molecule is CCOC(=O)c1cc(N)ccc1N1CCC(O)C1. The summed E-state index contributed by atoms with van der Waals surface area (Å²) < 4.78 is 5.03. The van der Waals surface area contributed by atoms with Crippen molar-refractivity contribution in [2.75, 3.05) is 30.3 Å². The third kappa shape index (κ3) is 2.56. The van der Waals surface area contributed by atoms with E-state index in [1.807, 2.05) is 4.90 Å². The molecule has 5 heteroatoms. The lowest BCUT2D eigenvalue weighted by atomic mass is 10.1. The second-order valence-corrected chi connectivity index (χ2v) is 4.39. The molecule has 1 atom stereocenters. The zero-order chi connectivity index (χ0) is 13.1. The summed E-state index contributed by atoms with van der Waals surface area (Å²) in [6.07, 6.45) is 0.379. The Morgan fingerprint density at radius 3 is 3.00 bits per heavy atom. The Balaban J connectivity index is 2.31. The summed E-state index contributed by atoms with van der Waals surface area (Å²) >= 11 is 0. The fourth-order valence-corrected chi connectivity index (χ4v) is 2.16. The van der Waals surface area contributed by atoms with Gasteiger partial charge < -0.3 is 20.5 Å². The number of hydrogen-bond acceptors (Lipinski definition) is 5. The number of ether oxygens (including phenoxy) is 1. The molecule has 98 valence electrons. The monoisotopic (exact) mass is 250 g/mol. The number of anilines is 2. The van der Waals surface area contributed by atoms with E-state index in [0.717, 1.165) is 12.2 Å². The van der Waals surface area contributed by atoms with Crippen LogP contribution in [0.25, 0.3) is 0 Å². The normalized spacial score (nSPS) is 19.0. The number of β-amino-alcohol motifs (C(OH)–C–C–N with tert-alkyl or cyclic N) is 1. The summed E-state index contributed by atoms with van der Waals surface area (Å²) in [5.41, 5.74) is 7.48. The number of nitrogen functional groups attached to an aromatic ring is 1. The highest BCUT2D eigenvalue weighted by Crippen LogP contribution is 2.27. The first-order valence-corrected chi connectivity index (χ1v) is 6.11. The number of rotatable bonds is 3. The molecule has 1 aliphatic heterocycles. The lowest BCUT2D eigenvalue weighted by Crippen LogP contribution is -2.24. The number of hydrogen-bond donors (Lipinski definition) is 2. The minimum absolute atomic E-state index is 0.329. The molecule has 1 aromatic rings. The second kappa shape index (κ2) is 5.27. The number of aliphatic hydroxyl groups excluding tert-OH is 1. The Morgan fingerprint density at radius 2 is 2.39 bits per heavy atom. The van der Waals surface area contributed by atoms with Gasteiger partial charge in [0.15, 0.2) is 0 Å². The van der Waals surface area contributed by atoms with Gasteiger partial charge in [-0.1, -0.05) is 0 Å². The van der Waals surface area contributed by atoms with Crippen LogP contribution < -0.4 is 10.6 Å². The first-order chi connectivity index (χ1) is 8.61. The maximum atomic E-state index is 11.9. The maximum absolute atomic E-state index is 11.9. The number of benzene rings is 1. The van der Waals surface area contributed by atoms with Gasteiger partial charge in [0, 0.05) is 18.8 Å². The highest BCUT2D eigenvalue weighted by atomic mass is 16.5. The van der Waals surface area contributed by atoms with Crippen LogP contribution in [0.5, 0.6) is 0 Å². The Bertz CT molecular complexity index is 448. The van der Waals surface area contributed by atoms with E-state index in [1.54, 1.807) is 25.1 Å². The van der Waals surface area contributed by atoms with Crippen LogP contribution in [0.3, 0.4) is 0 Å². The van der Waals surface area contributed by atoms with E-state index in [0.29, 0.717) is 30.8 Å². The molecule has 18 heavy (non-hydrogen) atoms.